The number of nitrogens with two attached hydrogens (primary N) is 1. The molecule has 0 bridgehead atoms. The number of halogens is 2. The third kappa shape index (κ3) is 3.16. The molecule has 0 spiro atoms. The predicted octanol–water partition coefficient (Wildman–Crippen LogP) is 4.87. The largest absolute Gasteiger partial charge is 0.505 e. The van der Waals surface area contributed by atoms with Crippen LogP contribution in [-0.2, 0) is 12.8 Å². The number of benzene rings is 2. The summed E-state index contributed by atoms with van der Waals surface area (Å²) < 4.78 is 29.2. The summed E-state index contributed by atoms with van der Waals surface area (Å²) in [6, 6.07) is 12.4. The number of aromatic nitrogens is 3. The van der Waals surface area contributed by atoms with Crippen molar-refractivity contribution in [1.82, 2.24) is 14.6 Å². The van der Waals surface area contributed by atoms with E-state index in [1.165, 1.54) is 23.5 Å². The summed E-state index contributed by atoms with van der Waals surface area (Å²) >= 11 is 0. The van der Waals surface area contributed by atoms with Gasteiger partial charge >= 0.3 is 0 Å². The highest BCUT2D eigenvalue weighted by molar-refractivity contribution is 5.88. The lowest BCUT2D eigenvalue weighted by molar-refractivity contribution is 0.407. The van der Waals surface area contributed by atoms with E-state index in [4.69, 9.17) is 5.73 Å². The molecule has 2 aromatic carbocycles. The Kier molecular flexibility index (Phi) is 5.11. The molecular formula is C23H22F2N4O. The fraction of sp³-hybridized carbons (Fsp3) is 0.217. The fourth-order valence-electron chi connectivity index (χ4n) is 4.10. The van der Waals surface area contributed by atoms with Crippen LogP contribution in [0.15, 0.2) is 48.8 Å². The first kappa shape index (κ1) is 19.8. The van der Waals surface area contributed by atoms with Crippen LogP contribution in [0.4, 0.5) is 14.6 Å². The second kappa shape index (κ2) is 7.74. The smallest absolute Gasteiger partial charge is 0.200 e. The maximum atomic E-state index is 13.9. The minimum absolute atomic E-state index is 0.173. The molecule has 0 amide bonds. The molecule has 30 heavy (non-hydrogen) atoms. The zero-order valence-corrected chi connectivity index (χ0v) is 16.7. The molecule has 2 heterocycles. The van der Waals surface area contributed by atoms with E-state index in [9.17, 15) is 13.9 Å². The van der Waals surface area contributed by atoms with Crippen molar-refractivity contribution in [3.05, 3.63) is 77.2 Å². The number of fused-ring (bicyclic) bond motifs is 2. The van der Waals surface area contributed by atoms with Gasteiger partial charge in [0.15, 0.2) is 23.2 Å². The fourth-order valence-corrected chi connectivity index (χ4v) is 4.10. The number of phenolic OH excluding ortho intramolecular Hbond substituents is 1. The van der Waals surface area contributed by atoms with E-state index in [-0.39, 0.29) is 11.7 Å². The number of hydrogen-bond donors (Lipinski definition) is 2. The van der Waals surface area contributed by atoms with E-state index in [1.54, 1.807) is 4.52 Å². The Bertz CT molecular complexity index is 1190. The Morgan fingerprint density at radius 3 is 2.37 bits per heavy atom. The molecule has 2 aromatic heterocycles. The van der Waals surface area contributed by atoms with Gasteiger partial charge in [0.05, 0.1) is 0 Å². The van der Waals surface area contributed by atoms with Crippen LogP contribution in [0.2, 0.25) is 0 Å². The maximum Gasteiger partial charge on any atom is 0.200 e. The molecule has 1 aliphatic carbocycles. The second-order valence-corrected chi connectivity index (χ2v) is 7.05. The van der Waals surface area contributed by atoms with Crippen LogP contribution in [-0.4, -0.2) is 19.7 Å². The van der Waals surface area contributed by atoms with Crippen molar-refractivity contribution in [3.8, 4) is 16.9 Å². The second-order valence-electron chi connectivity index (χ2n) is 7.05. The average Bonchev–Trinajstić information content (AvgIpc) is 3.35. The first-order valence-corrected chi connectivity index (χ1v) is 9.90. The summed E-state index contributed by atoms with van der Waals surface area (Å²) in [7, 11) is 0. The SMILES string of the molecule is CC.Nc1ncnn2c(C3Cc4ccccc4C3)cc(-c3cc(O)c(F)c(F)c3)c12. The van der Waals surface area contributed by atoms with E-state index in [0.717, 1.165) is 24.6 Å². The first-order chi connectivity index (χ1) is 14.5. The van der Waals surface area contributed by atoms with E-state index in [0.29, 0.717) is 16.6 Å². The number of rotatable bonds is 2. The van der Waals surface area contributed by atoms with Gasteiger partial charge in [0.2, 0.25) is 0 Å². The normalized spacial score (nSPS) is 13.2. The molecule has 0 saturated carbocycles. The highest BCUT2D eigenvalue weighted by Gasteiger charge is 2.28. The minimum atomic E-state index is -1.28. The first-order valence-electron chi connectivity index (χ1n) is 9.90. The summed E-state index contributed by atoms with van der Waals surface area (Å²) in [6.07, 6.45) is 3.09. The minimum Gasteiger partial charge on any atom is -0.505 e. The van der Waals surface area contributed by atoms with Gasteiger partial charge in [-0.2, -0.15) is 9.49 Å². The number of anilines is 1. The van der Waals surface area contributed by atoms with E-state index in [2.05, 4.69) is 22.2 Å². The van der Waals surface area contributed by atoms with Crippen molar-refractivity contribution in [2.24, 2.45) is 0 Å². The van der Waals surface area contributed by atoms with Gasteiger partial charge in [-0.3, -0.25) is 0 Å². The molecule has 4 aromatic rings. The molecule has 0 atom stereocenters. The quantitative estimate of drug-likeness (QED) is 0.496. The molecule has 0 aliphatic heterocycles. The number of nitrogens with zero attached hydrogens (tertiary/aromatic N) is 3. The van der Waals surface area contributed by atoms with Gasteiger partial charge in [0.25, 0.3) is 0 Å². The van der Waals surface area contributed by atoms with Gasteiger partial charge < -0.3 is 10.8 Å². The van der Waals surface area contributed by atoms with Crippen LogP contribution in [0.5, 0.6) is 5.75 Å². The molecular weight excluding hydrogens is 386 g/mol. The summed E-state index contributed by atoms with van der Waals surface area (Å²) in [6.45, 7) is 4.00. The highest BCUT2D eigenvalue weighted by Crippen LogP contribution is 2.40. The molecule has 5 rings (SSSR count). The Hall–Kier alpha value is -3.48. The Balaban J connectivity index is 0.00000106. The third-order valence-electron chi connectivity index (χ3n) is 5.40. The third-order valence-corrected chi connectivity index (χ3v) is 5.40. The zero-order valence-electron chi connectivity index (χ0n) is 16.7. The Labute approximate surface area is 172 Å². The molecule has 1 aliphatic rings. The van der Waals surface area contributed by atoms with Crippen LogP contribution >= 0.6 is 0 Å². The van der Waals surface area contributed by atoms with Gasteiger partial charge in [-0.15, -0.1) is 0 Å². The molecule has 3 N–H and O–H groups in total. The zero-order chi connectivity index (χ0) is 21.4. The van der Waals surface area contributed by atoms with E-state index in [1.807, 2.05) is 32.0 Å². The van der Waals surface area contributed by atoms with Crippen molar-refractivity contribution in [2.45, 2.75) is 32.6 Å². The van der Waals surface area contributed by atoms with Crippen LogP contribution in [0, 0.1) is 11.6 Å². The average molecular weight is 408 g/mol. The molecule has 154 valence electrons. The van der Waals surface area contributed by atoms with Crippen molar-refractivity contribution in [2.75, 3.05) is 5.73 Å². The molecule has 5 nitrogen and oxygen atoms in total. The Morgan fingerprint density at radius 2 is 1.73 bits per heavy atom. The monoisotopic (exact) mass is 408 g/mol. The van der Waals surface area contributed by atoms with Gasteiger partial charge in [0.1, 0.15) is 11.8 Å². The summed E-state index contributed by atoms with van der Waals surface area (Å²) in [5.74, 6) is -2.75. The van der Waals surface area contributed by atoms with Crippen molar-refractivity contribution in [3.63, 3.8) is 0 Å². The van der Waals surface area contributed by atoms with Crippen molar-refractivity contribution < 1.29 is 13.9 Å². The van der Waals surface area contributed by atoms with Gasteiger partial charge in [-0.1, -0.05) is 38.1 Å². The summed E-state index contributed by atoms with van der Waals surface area (Å²) in [4.78, 5) is 4.05. The predicted molar refractivity (Wildman–Crippen MR) is 112 cm³/mol. The van der Waals surface area contributed by atoms with Crippen LogP contribution < -0.4 is 5.73 Å². The van der Waals surface area contributed by atoms with Crippen LogP contribution in [0.1, 0.15) is 36.6 Å². The lowest BCUT2D eigenvalue weighted by Gasteiger charge is -2.09. The van der Waals surface area contributed by atoms with Crippen molar-refractivity contribution in [1.29, 1.82) is 0 Å². The topological polar surface area (TPSA) is 76.4 Å². The van der Waals surface area contributed by atoms with Gasteiger partial charge in [0, 0.05) is 17.2 Å². The van der Waals surface area contributed by atoms with E-state index >= 15 is 0 Å². The number of nitrogen functional groups attached to an aromatic ring is 1. The summed E-state index contributed by atoms with van der Waals surface area (Å²) in [5, 5.41) is 14.1. The van der Waals surface area contributed by atoms with Gasteiger partial charge in [-0.05, 0) is 47.7 Å². The Morgan fingerprint density at radius 1 is 1.07 bits per heavy atom. The molecule has 0 fully saturated rings. The molecule has 0 saturated heterocycles. The highest BCUT2D eigenvalue weighted by atomic mass is 19.2. The number of phenols is 1. The standard InChI is InChI=1S/C21H16F2N4O.C2H6/c22-16-7-13(8-18(28)19(16)23)15-9-17(27-20(15)21(24)25-10-26-27)14-5-11-3-1-2-4-12(11)6-14;1-2/h1-4,7-10,14,28H,5-6H2,(H2,24,25,26);1-2H3. The van der Waals surface area contributed by atoms with Gasteiger partial charge in [-0.25, -0.2) is 13.9 Å². The lowest BCUT2D eigenvalue weighted by Crippen LogP contribution is -2.06. The van der Waals surface area contributed by atoms with Crippen molar-refractivity contribution >= 4 is 11.3 Å². The number of hydrogen-bond acceptors (Lipinski definition) is 4. The maximum absolute atomic E-state index is 13.9. The molecule has 0 unspecified atom stereocenters. The van der Waals surface area contributed by atoms with E-state index < -0.39 is 17.4 Å². The molecule has 0 radical (unpaired) electrons. The van der Waals surface area contributed by atoms with Crippen LogP contribution in [0.3, 0.4) is 0 Å². The lowest BCUT2D eigenvalue weighted by atomic mass is 10.00. The molecule has 7 heteroatoms. The van der Waals surface area contributed by atoms with Crippen LogP contribution in [0.25, 0.3) is 16.6 Å². The summed E-state index contributed by atoms with van der Waals surface area (Å²) in [5.41, 5.74) is 11.0. The number of aromatic hydroxyl groups is 1.